The van der Waals surface area contributed by atoms with Crippen LogP contribution in [0.3, 0.4) is 0 Å². The van der Waals surface area contributed by atoms with Gasteiger partial charge < -0.3 is 5.73 Å². The van der Waals surface area contributed by atoms with Gasteiger partial charge in [-0.25, -0.2) is 4.98 Å². The number of nitrogens with zero attached hydrogens (tertiary/aromatic N) is 1. The van der Waals surface area contributed by atoms with E-state index in [-0.39, 0.29) is 12.1 Å². The quantitative estimate of drug-likeness (QED) is 0.682. The number of halogens is 3. The number of aromatic nitrogens is 1. The van der Waals surface area contributed by atoms with Gasteiger partial charge in [-0.15, -0.1) is 0 Å². The molecule has 0 aliphatic rings. The summed E-state index contributed by atoms with van der Waals surface area (Å²) in [7, 11) is 0. The number of anilines is 1. The van der Waals surface area contributed by atoms with Gasteiger partial charge in [0.05, 0.1) is 5.56 Å². The van der Waals surface area contributed by atoms with Gasteiger partial charge >= 0.3 is 6.18 Å². The summed E-state index contributed by atoms with van der Waals surface area (Å²) in [5, 5.41) is 0. The van der Waals surface area contributed by atoms with Crippen LogP contribution in [0.2, 0.25) is 0 Å². The van der Waals surface area contributed by atoms with Gasteiger partial charge in [-0.3, -0.25) is 4.79 Å². The minimum absolute atomic E-state index is 0.0981. The van der Waals surface area contributed by atoms with E-state index in [0.29, 0.717) is 6.20 Å². The molecule has 0 amide bonds. The highest BCUT2D eigenvalue weighted by Gasteiger charge is 2.33. The molecule has 1 aromatic heterocycles. The zero-order chi connectivity index (χ0) is 10.1. The molecule has 3 nitrogen and oxygen atoms in total. The van der Waals surface area contributed by atoms with Crippen LogP contribution in [0.4, 0.5) is 19.0 Å². The van der Waals surface area contributed by atoms with Gasteiger partial charge in [-0.1, -0.05) is 0 Å². The molecule has 6 heteroatoms. The van der Waals surface area contributed by atoms with Gasteiger partial charge in [-0.05, 0) is 6.07 Å². The van der Waals surface area contributed by atoms with Crippen LogP contribution in [0.15, 0.2) is 12.3 Å². The molecule has 0 bridgehead atoms. The Bertz CT molecular complexity index is 335. The van der Waals surface area contributed by atoms with Crippen molar-refractivity contribution >= 4 is 12.1 Å². The summed E-state index contributed by atoms with van der Waals surface area (Å²) in [4.78, 5) is 13.5. The molecular formula is C7H5F3N2O. The molecule has 1 heterocycles. The molecule has 0 fully saturated rings. The minimum atomic E-state index is -4.57. The molecule has 0 unspecified atom stereocenters. The fraction of sp³-hybridized carbons (Fsp3) is 0.143. The molecule has 0 saturated carbocycles. The van der Waals surface area contributed by atoms with Crippen LogP contribution in [-0.2, 0) is 6.18 Å². The van der Waals surface area contributed by atoms with Gasteiger partial charge in [-0.2, -0.15) is 13.2 Å². The number of hydrogen-bond donors (Lipinski definition) is 1. The number of pyridine rings is 1. The smallest absolute Gasteiger partial charge is 0.384 e. The third-order valence-electron chi connectivity index (χ3n) is 1.39. The molecule has 0 aromatic carbocycles. The summed E-state index contributed by atoms with van der Waals surface area (Å²) in [6, 6.07) is 0.885. The van der Waals surface area contributed by atoms with E-state index < -0.39 is 17.3 Å². The summed E-state index contributed by atoms with van der Waals surface area (Å²) < 4.78 is 36.4. The van der Waals surface area contributed by atoms with Crippen LogP contribution in [0, 0.1) is 0 Å². The van der Waals surface area contributed by atoms with Gasteiger partial charge in [0.25, 0.3) is 0 Å². The number of carbonyl (C=O) groups excluding carboxylic acids is 1. The third-order valence-corrected chi connectivity index (χ3v) is 1.39. The Labute approximate surface area is 71.4 Å². The number of hydrogen-bond acceptors (Lipinski definition) is 3. The molecule has 70 valence electrons. The highest BCUT2D eigenvalue weighted by molar-refractivity contribution is 5.78. The van der Waals surface area contributed by atoms with Crippen LogP contribution in [0.5, 0.6) is 0 Å². The molecule has 0 radical (unpaired) electrons. The van der Waals surface area contributed by atoms with Crippen molar-refractivity contribution in [1.82, 2.24) is 4.98 Å². The lowest BCUT2D eigenvalue weighted by atomic mass is 10.1. The average molecular weight is 190 g/mol. The monoisotopic (exact) mass is 190 g/mol. The Kier molecular flexibility index (Phi) is 2.22. The Hall–Kier alpha value is -1.59. The number of nitrogen functional groups attached to an aromatic ring is 1. The van der Waals surface area contributed by atoms with E-state index in [2.05, 4.69) is 4.98 Å². The van der Waals surface area contributed by atoms with Gasteiger partial charge in [0.1, 0.15) is 5.82 Å². The normalized spacial score (nSPS) is 11.3. The van der Waals surface area contributed by atoms with Gasteiger partial charge in [0, 0.05) is 11.8 Å². The highest BCUT2D eigenvalue weighted by atomic mass is 19.4. The first-order valence-corrected chi connectivity index (χ1v) is 3.23. The summed E-state index contributed by atoms with van der Waals surface area (Å²) in [5.74, 6) is -0.116. The second-order valence-corrected chi connectivity index (χ2v) is 2.31. The lowest BCUT2D eigenvalue weighted by Crippen LogP contribution is -2.10. The lowest BCUT2D eigenvalue weighted by molar-refractivity contribution is -0.138. The maximum Gasteiger partial charge on any atom is 0.418 e. The van der Waals surface area contributed by atoms with E-state index in [4.69, 9.17) is 5.73 Å². The van der Waals surface area contributed by atoms with E-state index in [1.54, 1.807) is 0 Å². The Morgan fingerprint density at radius 3 is 2.54 bits per heavy atom. The van der Waals surface area contributed by atoms with Crippen molar-refractivity contribution < 1.29 is 18.0 Å². The lowest BCUT2D eigenvalue weighted by Gasteiger charge is -2.08. The molecule has 0 aliphatic heterocycles. The van der Waals surface area contributed by atoms with Crippen LogP contribution in [0.25, 0.3) is 0 Å². The van der Waals surface area contributed by atoms with Crippen molar-refractivity contribution in [2.75, 3.05) is 5.73 Å². The van der Waals surface area contributed by atoms with Crippen molar-refractivity contribution in [3.8, 4) is 0 Å². The number of carbonyl (C=O) groups is 1. The van der Waals surface area contributed by atoms with E-state index in [1.807, 2.05) is 0 Å². The predicted octanol–water partition coefficient (Wildman–Crippen LogP) is 1.50. The van der Waals surface area contributed by atoms with Crippen molar-refractivity contribution in [2.45, 2.75) is 6.18 Å². The first-order valence-electron chi connectivity index (χ1n) is 3.23. The van der Waals surface area contributed by atoms with Crippen molar-refractivity contribution in [3.05, 3.63) is 23.4 Å². The third kappa shape index (κ3) is 1.95. The maximum absolute atomic E-state index is 12.1. The van der Waals surface area contributed by atoms with Crippen molar-refractivity contribution in [3.63, 3.8) is 0 Å². The van der Waals surface area contributed by atoms with E-state index >= 15 is 0 Å². The first kappa shape index (κ1) is 9.50. The molecule has 0 atom stereocenters. The SMILES string of the molecule is Nc1cc(C=O)c(C(F)(F)F)cn1. The number of aldehydes is 1. The topological polar surface area (TPSA) is 56.0 Å². The molecule has 0 saturated heterocycles. The molecule has 2 N–H and O–H groups in total. The van der Waals surface area contributed by atoms with Gasteiger partial charge in [0.15, 0.2) is 6.29 Å². The second-order valence-electron chi connectivity index (χ2n) is 2.31. The molecule has 0 aliphatic carbocycles. The van der Waals surface area contributed by atoms with Crippen LogP contribution in [0.1, 0.15) is 15.9 Å². The van der Waals surface area contributed by atoms with Crippen molar-refractivity contribution in [1.29, 1.82) is 0 Å². The summed E-state index contributed by atoms with van der Waals surface area (Å²) in [6.45, 7) is 0. The summed E-state index contributed by atoms with van der Waals surface area (Å²) in [6.07, 6.45) is -3.93. The Morgan fingerprint density at radius 1 is 1.46 bits per heavy atom. The minimum Gasteiger partial charge on any atom is -0.384 e. The molecular weight excluding hydrogens is 185 g/mol. The zero-order valence-corrected chi connectivity index (χ0v) is 6.30. The van der Waals surface area contributed by atoms with Crippen LogP contribution < -0.4 is 5.73 Å². The van der Waals surface area contributed by atoms with E-state index in [0.717, 1.165) is 6.07 Å². The maximum atomic E-state index is 12.1. The Morgan fingerprint density at radius 2 is 2.08 bits per heavy atom. The van der Waals surface area contributed by atoms with Crippen molar-refractivity contribution in [2.24, 2.45) is 0 Å². The predicted molar refractivity (Wildman–Crippen MR) is 39.0 cm³/mol. The number of rotatable bonds is 1. The van der Waals surface area contributed by atoms with E-state index in [1.165, 1.54) is 0 Å². The van der Waals surface area contributed by atoms with E-state index in [9.17, 15) is 18.0 Å². The second kappa shape index (κ2) is 3.04. The number of nitrogens with two attached hydrogens (primary N) is 1. The zero-order valence-electron chi connectivity index (χ0n) is 6.30. The molecule has 1 aromatic rings. The summed E-state index contributed by atoms with van der Waals surface area (Å²) >= 11 is 0. The van der Waals surface area contributed by atoms with Crippen LogP contribution in [-0.4, -0.2) is 11.3 Å². The number of alkyl halides is 3. The Balaban J connectivity index is 3.29. The molecule has 0 spiro atoms. The largest absolute Gasteiger partial charge is 0.418 e. The molecule has 13 heavy (non-hydrogen) atoms. The standard InChI is InChI=1S/C7H5F3N2O/c8-7(9,10)5-2-12-6(11)1-4(5)3-13/h1-3H,(H2,11,12). The first-order chi connectivity index (χ1) is 5.95. The van der Waals surface area contributed by atoms with Gasteiger partial charge in [0.2, 0.25) is 0 Å². The molecule has 1 rings (SSSR count). The van der Waals surface area contributed by atoms with Crippen LogP contribution >= 0.6 is 0 Å². The fourth-order valence-corrected chi connectivity index (χ4v) is 0.822. The average Bonchev–Trinajstić information content (AvgIpc) is 2.01. The summed E-state index contributed by atoms with van der Waals surface area (Å²) in [5.41, 5.74) is 3.54. The highest BCUT2D eigenvalue weighted by Crippen LogP contribution is 2.31. The fourth-order valence-electron chi connectivity index (χ4n) is 0.822.